The second kappa shape index (κ2) is 9.73. The van der Waals surface area contributed by atoms with Crippen LogP contribution in [0.2, 0.25) is 0 Å². The molecule has 0 aliphatic carbocycles. The van der Waals surface area contributed by atoms with Gasteiger partial charge in [0.25, 0.3) is 0 Å². The first-order valence-corrected chi connectivity index (χ1v) is 9.97. The van der Waals surface area contributed by atoms with E-state index in [1.807, 2.05) is 24.3 Å². The zero-order chi connectivity index (χ0) is 23.4. The lowest BCUT2D eigenvalue weighted by Gasteiger charge is -2.42. The second-order valence-corrected chi connectivity index (χ2v) is 7.39. The van der Waals surface area contributed by atoms with Crippen LogP contribution in [-0.2, 0) is 33.3 Å². The Morgan fingerprint density at radius 1 is 1.09 bits per heavy atom. The average molecular weight is 443 g/mol. The van der Waals surface area contributed by atoms with Gasteiger partial charge in [-0.1, -0.05) is 49.1 Å². The van der Waals surface area contributed by atoms with E-state index in [0.29, 0.717) is 5.69 Å². The maximum Gasteiger partial charge on any atom is 0.335 e. The third-order valence-corrected chi connectivity index (χ3v) is 5.14. The van der Waals surface area contributed by atoms with Gasteiger partial charge in [0.1, 0.15) is 11.8 Å². The van der Waals surface area contributed by atoms with Crippen LogP contribution in [0, 0.1) is 5.92 Å². The molecule has 10 nitrogen and oxygen atoms in total. The van der Waals surface area contributed by atoms with Gasteiger partial charge in [-0.2, -0.15) is 0 Å². The van der Waals surface area contributed by atoms with E-state index in [1.54, 1.807) is 19.2 Å². The van der Waals surface area contributed by atoms with Crippen molar-refractivity contribution in [1.82, 2.24) is 15.0 Å². The number of hydrogen-bond acceptors (Lipinski definition) is 9. The number of carbonyl (C=O) groups is 3. The van der Waals surface area contributed by atoms with E-state index in [2.05, 4.69) is 16.9 Å². The summed E-state index contributed by atoms with van der Waals surface area (Å²) in [6.45, 7) is 7.84. The molecule has 5 atom stereocenters. The maximum absolute atomic E-state index is 12.4. The number of nitrogens with zero attached hydrogens (tertiary/aromatic N) is 3. The third-order valence-electron chi connectivity index (χ3n) is 5.14. The van der Waals surface area contributed by atoms with Crippen LogP contribution in [-0.4, -0.2) is 58.3 Å². The molecule has 3 rings (SSSR count). The summed E-state index contributed by atoms with van der Waals surface area (Å²) in [5.74, 6) is -2.50. The van der Waals surface area contributed by atoms with E-state index in [4.69, 9.17) is 18.9 Å². The summed E-state index contributed by atoms with van der Waals surface area (Å²) in [6.07, 6.45) is -0.885. The molecule has 10 heteroatoms. The molecule has 1 aromatic heterocycles. The highest BCUT2D eigenvalue weighted by molar-refractivity contribution is 5.75. The fraction of sp³-hybridized carbons (Fsp3) is 0.409. The molecular weight excluding hydrogens is 418 g/mol. The number of benzene rings is 1. The fourth-order valence-corrected chi connectivity index (χ4v) is 3.59. The van der Waals surface area contributed by atoms with Crippen molar-refractivity contribution < 1.29 is 33.3 Å². The Labute approximate surface area is 185 Å². The number of aromatic nitrogens is 3. The summed E-state index contributed by atoms with van der Waals surface area (Å²) in [5, 5.41) is 8.28. The smallest absolute Gasteiger partial charge is 0.335 e. The Bertz CT molecular complexity index is 1000. The van der Waals surface area contributed by atoms with Gasteiger partial charge in [-0.15, -0.1) is 5.10 Å². The van der Waals surface area contributed by atoms with E-state index >= 15 is 0 Å². The Morgan fingerprint density at radius 3 is 2.28 bits per heavy atom. The number of methoxy groups -OCH3 is 1. The third kappa shape index (κ3) is 4.86. The zero-order valence-electron chi connectivity index (χ0n) is 18.3. The lowest BCUT2D eigenvalue weighted by molar-refractivity contribution is -0.246. The zero-order valence-corrected chi connectivity index (χ0v) is 18.3. The minimum atomic E-state index is -1.09. The number of esters is 3. The summed E-state index contributed by atoms with van der Waals surface area (Å²) >= 11 is 0. The molecular formula is C22H25N3O7. The number of carbonyl (C=O) groups excluding carboxylic acids is 3. The predicted molar refractivity (Wildman–Crippen MR) is 112 cm³/mol. The molecule has 2 heterocycles. The number of rotatable bonds is 6. The van der Waals surface area contributed by atoms with Gasteiger partial charge >= 0.3 is 17.9 Å². The highest BCUT2D eigenvalue weighted by atomic mass is 16.6. The standard InChI is InChI=1S/C22H25N3O7/c1-6-15-7-9-16(10-8-15)17-11-25(24-23-17)21-20(31-14(4)27)18(30-13(3)26)12(2)19(32-21)22(28)29-5/h6-12,18-21H,1H2,2-5H3. The van der Waals surface area contributed by atoms with Crippen molar-refractivity contribution >= 4 is 24.0 Å². The van der Waals surface area contributed by atoms with E-state index in [9.17, 15) is 14.4 Å². The largest absolute Gasteiger partial charge is 0.467 e. The number of ether oxygens (including phenoxy) is 4. The highest BCUT2D eigenvalue weighted by Gasteiger charge is 2.51. The van der Waals surface area contributed by atoms with Gasteiger partial charge in [-0.25, -0.2) is 9.48 Å². The van der Waals surface area contributed by atoms with Gasteiger partial charge in [0.2, 0.25) is 0 Å². The molecule has 0 radical (unpaired) electrons. The molecule has 1 aliphatic rings. The molecule has 1 aromatic carbocycles. The van der Waals surface area contributed by atoms with Crippen molar-refractivity contribution in [2.75, 3.05) is 7.11 Å². The summed E-state index contributed by atoms with van der Waals surface area (Å²) < 4.78 is 23.0. The van der Waals surface area contributed by atoms with Crippen molar-refractivity contribution in [3.05, 3.63) is 42.6 Å². The van der Waals surface area contributed by atoms with Crippen LogP contribution in [0.3, 0.4) is 0 Å². The number of hydrogen-bond donors (Lipinski definition) is 0. The van der Waals surface area contributed by atoms with Crippen LogP contribution in [0.1, 0.15) is 32.6 Å². The van der Waals surface area contributed by atoms with Gasteiger partial charge in [-0.3, -0.25) is 9.59 Å². The Balaban J connectivity index is 2.00. The molecule has 1 aliphatic heterocycles. The monoisotopic (exact) mass is 443 g/mol. The van der Waals surface area contributed by atoms with Crippen LogP contribution in [0.25, 0.3) is 17.3 Å². The van der Waals surface area contributed by atoms with Crippen LogP contribution < -0.4 is 0 Å². The van der Waals surface area contributed by atoms with E-state index < -0.39 is 48.4 Å². The fourth-order valence-electron chi connectivity index (χ4n) is 3.59. The van der Waals surface area contributed by atoms with Gasteiger partial charge in [0, 0.05) is 25.3 Å². The Hall–Kier alpha value is -3.53. The first kappa shape index (κ1) is 23.1. The molecule has 0 N–H and O–H groups in total. The molecule has 32 heavy (non-hydrogen) atoms. The first-order chi connectivity index (χ1) is 15.2. The van der Waals surface area contributed by atoms with E-state index in [-0.39, 0.29) is 0 Å². The molecule has 0 saturated carbocycles. The summed E-state index contributed by atoms with van der Waals surface area (Å²) in [5.41, 5.74) is 2.27. The van der Waals surface area contributed by atoms with Crippen molar-refractivity contribution in [2.24, 2.45) is 5.92 Å². The molecule has 170 valence electrons. The van der Waals surface area contributed by atoms with Gasteiger partial charge in [0.05, 0.1) is 13.3 Å². The van der Waals surface area contributed by atoms with E-state index in [0.717, 1.165) is 11.1 Å². The lowest BCUT2D eigenvalue weighted by Crippen LogP contribution is -2.56. The molecule has 0 bridgehead atoms. The van der Waals surface area contributed by atoms with Crippen LogP contribution in [0.5, 0.6) is 0 Å². The quantitative estimate of drug-likeness (QED) is 0.489. The first-order valence-electron chi connectivity index (χ1n) is 9.97. The predicted octanol–water partition coefficient (Wildman–Crippen LogP) is 2.16. The summed E-state index contributed by atoms with van der Waals surface area (Å²) in [6, 6.07) is 7.48. The molecule has 0 spiro atoms. The molecule has 1 saturated heterocycles. The molecule has 2 aromatic rings. The summed E-state index contributed by atoms with van der Waals surface area (Å²) in [7, 11) is 1.23. The van der Waals surface area contributed by atoms with Crippen molar-refractivity contribution in [1.29, 1.82) is 0 Å². The normalized spacial score (nSPS) is 24.9. The lowest BCUT2D eigenvalue weighted by atomic mass is 9.89. The maximum atomic E-state index is 12.4. The Kier molecular flexibility index (Phi) is 7.04. The molecule has 0 amide bonds. The van der Waals surface area contributed by atoms with Gasteiger partial charge in [-0.05, 0) is 5.56 Å². The topological polar surface area (TPSA) is 119 Å². The second-order valence-electron chi connectivity index (χ2n) is 7.39. The molecule has 1 fully saturated rings. The van der Waals surface area contributed by atoms with Crippen molar-refractivity contribution in [2.45, 2.75) is 45.3 Å². The highest BCUT2D eigenvalue weighted by Crippen LogP contribution is 2.36. The minimum Gasteiger partial charge on any atom is -0.467 e. The SMILES string of the molecule is C=Cc1ccc(-c2cn(C3OC(C(=O)OC)C(C)C(OC(C)=O)C3OC(C)=O)nn2)cc1. The van der Waals surface area contributed by atoms with Gasteiger partial charge in [0.15, 0.2) is 18.4 Å². The summed E-state index contributed by atoms with van der Waals surface area (Å²) in [4.78, 5) is 35.9. The van der Waals surface area contributed by atoms with E-state index in [1.165, 1.54) is 25.6 Å². The average Bonchev–Trinajstić information content (AvgIpc) is 3.25. The molecule has 5 unspecified atom stereocenters. The minimum absolute atomic E-state index is 0.531. The van der Waals surface area contributed by atoms with Crippen molar-refractivity contribution in [3.8, 4) is 11.3 Å². The van der Waals surface area contributed by atoms with Crippen LogP contribution in [0.15, 0.2) is 37.0 Å². The van der Waals surface area contributed by atoms with Crippen LogP contribution in [0.4, 0.5) is 0 Å². The van der Waals surface area contributed by atoms with Crippen molar-refractivity contribution in [3.63, 3.8) is 0 Å². The van der Waals surface area contributed by atoms with Gasteiger partial charge < -0.3 is 18.9 Å². The Morgan fingerprint density at radius 2 is 1.72 bits per heavy atom. The van der Waals surface area contributed by atoms with Crippen LogP contribution >= 0.6 is 0 Å².